The minimum absolute atomic E-state index is 0.00808. The fourth-order valence-corrected chi connectivity index (χ4v) is 5.84. The van der Waals surface area contributed by atoms with Gasteiger partial charge in [-0.2, -0.15) is 0 Å². The average molecular weight is 536 g/mol. The summed E-state index contributed by atoms with van der Waals surface area (Å²) in [7, 11) is 1.96. The summed E-state index contributed by atoms with van der Waals surface area (Å²) < 4.78 is 1.98. The summed E-state index contributed by atoms with van der Waals surface area (Å²) in [5.41, 5.74) is 8.09. The van der Waals surface area contributed by atoms with Gasteiger partial charge in [-0.3, -0.25) is 25.1 Å². The Bertz CT molecular complexity index is 1140. The molecule has 3 rings (SSSR count). The van der Waals surface area contributed by atoms with Crippen molar-refractivity contribution in [3.63, 3.8) is 0 Å². The molecule has 0 aliphatic heterocycles. The van der Waals surface area contributed by atoms with Crippen LogP contribution in [-0.4, -0.2) is 35.1 Å². The minimum Gasteiger partial charge on any atom is -0.396 e. The van der Waals surface area contributed by atoms with Crippen LogP contribution in [0.3, 0.4) is 0 Å². The zero-order valence-electron chi connectivity index (χ0n) is 23.2. The Morgan fingerprint density at radius 3 is 2.36 bits per heavy atom. The molecule has 1 heterocycles. The number of aryl methyl sites for hydroxylation is 1. The van der Waals surface area contributed by atoms with E-state index in [4.69, 9.17) is 11.1 Å². The first-order valence-electron chi connectivity index (χ1n) is 14.0. The Hall–Kier alpha value is -3.39. The van der Waals surface area contributed by atoms with Crippen molar-refractivity contribution in [2.75, 3.05) is 6.61 Å². The average Bonchev–Trinajstić information content (AvgIpc) is 2.91. The molecule has 1 aromatic carbocycles. The Labute approximate surface area is 231 Å². The van der Waals surface area contributed by atoms with Crippen molar-refractivity contribution < 1.29 is 24.1 Å². The van der Waals surface area contributed by atoms with Crippen molar-refractivity contribution >= 4 is 23.4 Å². The zero-order chi connectivity index (χ0) is 28.4. The van der Waals surface area contributed by atoms with E-state index in [1.807, 2.05) is 36.1 Å². The number of rotatable bonds is 13. The van der Waals surface area contributed by atoms with Gasteiger partial charge in [-0.1, -0.05) is 43.5 Å². The van der Waals surface area contributed by atoms with Gasteiger partial charge in [0.2, 0.25) is 11.8 Å². The Morgan fingerprint density at radius 2 is 1.77 bits per heavy atom. The minimum atomic E-state index is -0.698. The number of nitrogens with one attached hydrogen (secondary N) is 2. The molecular formula is C31H43N4O4+. The SMILES string of the molecule is CC(=O)NC(=O)C(CC(=O)C(CC(CO)Cc1ccc[n+](C)c1)C1CCCCC1)Cc1ccc(C(=N)N)cc1. The van der Waals surface area contributed by atoms with Gasteiger partial charge >= 0.3 is 0 Å². The van der Waals surface area contributed by atoms with Crippen LogP contribution >= 0.6 is 0 Å². The number of ketones is 1. The number of carbonyl (C=O) groups excluding carboxylic acids is 3. The van der Waals surface area contributed by atoms with Crippen molar-refractivity contribution in [2.24, 2.45) is 36.5 Å². The van der Waals surface area contributed by atoms with E-state index in [9.17, 15) is 19.5 Å². The molecule has 1 aliphatic carbocycles. The maximum atomic E-state index is 13.9. The number of hydrogen-bond acceptors (Lipinski definition) is 5. The molecule has 0 saturated heterocycles. The first-order valence-corrected chi connectivity index (χ1v) is 14.0. The lowest BCUT2D eigenvalue weighted by atomic mass is 9.72. The quantitative estimate of drug-likeness (QED) is 0.178. The van der Waals surface area contributed by atoms with Gasteiger partial charge in [0.05, 0.1) is 0 Å². The van der Waals surface area contributed by atoms with Crippen molar-refractivity contribution in [3.8, 4) is 0 Å². The van der Waals surface area contributed by atoms with Crippen LogP contribution in [0.2, 0.25) is 0 Å². The molecule has 1 saturated carbocycles. The molecule has 0 radical (unpaired) electrons. The second-order valence-electron chi connectivity index (χ2n) is 11.1. The van der Waals surface area contributed by atoms with Crippen molar-refractivity contribution in [1.82, 2.24) is 5.32 Å². The number of benzene rings is 1. The topological polar surface area (TPSA) is 137 Å². The number of nitrogens with two attached hydrogens (primary N) is 1. The molecule has 8 heteroatoms. The fraction of sp³-hybridized carbons (Fsp3) is 0.516. The van der Waals surface area contributed by atoms with Crippen LogP contribution in [0.4, 0.5) is 0 Å². The summed E-state index contributed by atoms with van der Waals surface area (Å²) in [6, 6.07) is 11.1. The zero-order valence-corrected chi connectivity index (χ0v) is 23.2. The van der Waals surface area contributed by atoms with E-state index in [0.29, 0.717) is 24.8 Å². The van der Waals surface area contributed by atoms with Gasteiger partial charge in [0.1, 0.15) is 18.7 Å². The van der Waals surface area contributed by atoms with Crippen LogP contribution in [0.15, 0.2) is 48.8 Å². The van der Waals surface area contributed by atoms with Crippen LogP contribution in [0.5, 0.6) is 0 Å². The van der Waals surface area contributed by atoms with Crippen LogP contribution in [0, 0.1) is 29.1 Å². The lowest BCUT2D eigenvalue weighted by Gasteiger charge is -2.32. The number of nitrogen functional groups attached to an aromatic ring is 1. The number of amides is 2. The number of aromatic nitrogens is 1. The van der Waals surface area contributed by atoms with E-state index in [2.05, 4.69) is 5.32 Å². The third-order valence-corrected chi connectivity index (χ3v) is 7.87. The highest BCUT2D eigenvalue weighted by Gasteiger charge is 2.34. The van der Waals surface area contributed by atoms with Gasteiger partial charge in [-0.05, 0) is 55.6 Å². The Kier molecular flexibility index (Phi) is 11.3. The van der Waals surface area contributed by atoms with E-state index >= 15 is 0 Å². The van der Waals surface area contributed by atoms with E-state index in [0.717, 1.165) is 36.8 Å². The molecule has 1 aromatic heterocycles. The number of amidine groups is 1. The lowest BCUT2D eigenvalue weighted by Crippen LogP contribution is -2.38. The second kappa shape index (κ2) is 14.7. The molecule has 3 atom stereocenters. The summed E-state index contributed by atoms with van der Waals surface area (Å²) in [5.74, 6) is -1.69. The number of hydrogen-bond donors (Lipinski definition) is 4. The molecule has 2 aromatic rings. The maximum absolute atomic E-state index is 13.9. The number of Topliss-reactive ketones (excluding diaryl/α,β-unsaturated/α-hetero) is 1. The Balaban J connectivity index is 1.81. The van der Waals surface area contributed by atoms with Crippen LogP contribution in [0.25, 0.3) is 0 Å². The highest BCUT2D eigenvalue weighted by molar-refractivity contribution is 5.97. The number of aliphatic hydroxyl groups excluding tert-OH is 1. The predicted molar refractivity (Wildman–Crippen MR) is 150 cm³/mol. The smallest absolute Gasteiger partial charge is 0.230 e. The summed E-state index contributed by atoms with van der Waals surface area (Å²) in [6.45, 7) is 1.28. The summed E-state index contributed by atoms with van der Waals surface area (Å²) in [6.07, 6.45) is 10.9. The summed E-state index contributed by atoms with van der Waals surface area (Å²) in [5, 5.41) is 20.2. The number of imide groups is 1. The number of pyridine rings is 1. The molecular weight excluding hydrogens is 492 g/mol. The molecule has 39 heavy (non-hydrogen) atoms. The van der Waals surface area contributed by atoms with Crippen molar-refractivity contribution in [2.45, 2.75) is 64.7 Å². The van der Waals surface area contributed by atoms with Gasteiger partial charge in [0.25, 0.3) is 0 Å². The van der Waals surface area contributed by atoms with Gasteiger partial charge < -0.3 is 10.8 Å². The van der Waals surface area contributed by atoms with Crippen LogP contribution in [-0.2, 0) is 34.3 Å². The van der Waals surface area contributed by atoms with Gasteiger partial charge in [0, 0.05) is 49.0 Å². The molecule has 3 unspecified atom stereocenters. The number of nitrogens with zero attached hydrogens (tertiary/aromatic N) is 1. The maximum Gasteiger partial charge on any atom is 0.230 e. The molecule has 5 N–H and O–H groups in total. The highest BCUT2D eigenvalue weighted by atomic mass is 16.3. The summed E-state index contributed by atoms with van der Waals surface area (Å²) in [4.78, 5) is 38.7. The monoisotopic (exact) mass is 535 g/mol. The first-order chi connectivity index (χ1) is 18.7. The van der Waals surface area contributed by atoms with E-state index in [1.165, 1.54) is 13.3 Å². The third-order valence-electron chi connectivity index (χ3n) is 7.87. The first kappa shape index (κ1) is 30.2. The van der Waals surface area contributed by atoms with E-state index in [1.54, 1.807) is 24.3 Å². The third kappa shape index (κ3) is 9.39. The molecule has 1 fully saturated rings. The van der Waals surface area contributed by atoms with E-state index in [-0.39, 0.29) is 42.4 Å². The van der Waals surface area contributed by atoms with Gasteiger partial charge in [-0.15, -0.1) is 0 Å². The number of carbonyl (C=O) groups is 3. The fourth-order valence-electron chi connectivity index (χ4n) is 5.84. The lowest BCUT2D eigenvalue weighted by molar-refractivity contribution is -0.671. The van der Waals surface area contributed by atoms with Crippen molar-refractivity contribution in [1.29, 1.82) is 5.41 Å². The van der Waals surface area contributed by atoms with Crippen LogP contribution in [0.1, 0.15) is 68.6 Å². The van der Waals surface area contributed by atoms with Gasteiger partial charge in [-0.25, -0.2) is 4.57 Å². The molecule has 210 valence electrons. The van der Waals surface area contributed by atoms with Crippen LogP contribution < -0.4 is 15.6 Å². The van der Waals surface area contributed by atoms with Crippen molar-refractivity contribution in [3.05, 3.63) is 65.5 Å². The number of aliphatic hydroxyl groups is 1. The second-order valence-corrected chi connectivity index (χ2v) is 11.1. The standard InChI is InChI=1S/C31H42N4O4/c1-21(37)34-31(39)27(16-22-10-12-26(13-11-22)30(32)33)18-29(38)28(25-8-4-3-5-9-25)17-24(20-36)15-23-7-6-14-35(2)19-23/h6-7,10-14,19,24-25,27-28,36H,3-5,8-9,15-18,20H2,1-2H3,(H3-,32,33,34,37,39)/p+1. The normalized spacial score (nSPS) is 16.2. The molecule has 0 spiro atoms. The molecule has 1 aliphatic rings. The Morgan fingerprint density at radius 1 is 1.08 bits per heavy atom. The predicted octanol–water partition coefficient (Wildman–Crippen LogP) is 3.01. The largest absolute Gasteiger partial charge is 0.396 e. The molecule has 8 nitrogen and oxygen atoms in total. The molecule has 0 bridgehead atoms. The van der Waals surface area contributed by atoms with E-state index < -0.39 is 17.7 Å². The summed E-state index contributed by atoms with van der Waals surface area (Å²) >= 11 is 0. The van der Waals surface area contributed by atoms with Gasteiger partial charge in [0.15, 0.2) is 12.4 Å². The highest BCUT2D eigenvalue weighted by Crippen LogP contribution is 2.36. The molecule has 2 amide bonds.